The molecule has 2 rings (SSSR count). The molecule has 4 heteroatoms. The van der Waals surface area contributed by atoms with Gasteiger partial charge in [-0.25, -0.2) is 0 Å². The molecule has 0 radical (unpaired) electrons. The van der Waals surface area contributed by atoms with Crippen LogP contribution in [0.1, 0.15) is 12.5 Å². The summed E-state index contributed by atoms with van der Waals surface area (Å²) in [4.78, 5) is 0. The molecule has 0 spiro atoms. The quantitative estimate of drug-likeness (QED) is 0.881. The predicted molar refractivity (Wildman–Crippen MR) is 66.3 cm³/mol. The molecule has 1 saturated heterocycles. The van der Waals surface area contributed by atoms with Crippen LogP contribution in [0.25, 0.3) is 0 Å². The summed E-state index contributed by atoms with van der Waals surface area (Å²) < 4.78 is 10.8. The van der Waals surface area contributed by atoms with Crippen LogP contribution in [-0.4, -0.2) is 26.0 Å². The maximum Gasteiger partial charge on any atom is 0.119 e. The van der Waals surface area contributed by atoms with Crippen LogP contribution in [0.3, 0.4) is 0 Å². The lowest BCUT2D eigenvalue weighted by Crippen LogP contribution is -2.29. The molecule has 1 heterocycles. The first-order valence-corrected chi connectivity index (χ1v) is 5.28. The molecule has 0 aromatic heterocycles. The SMILES string of the molecule is COc1cccc(CC2NC(C)CO2)c1.Cl. The van der Waals surface area contributed by atoms with Crippen molar-refractivity contribution in [2.75, 3.05) is 13.7 Å². The molecule has 0 saturated carbocycles. The highest BCUT2D eigenvalue weighted by Gasteiger charge is 2.20. The van der Waals surface area contributed by atoms with Crippen molar-refractivity contribution < 1.29 is 9.47 Å². The topological polar surface area (TPSA) is 30.5 Å². The van der Waals surface area contributed by atoms with Gasteiger partial charge in [-0.1, -0.05) is 12.1 Å². The first kappa shape index (κ1) is 13.3. The molecule has 0 bridgehead atoms. The molecule has 0 amide bonds. The Morgan fingerprint density at radius 1 is 1.50 bits per heavy atom. The third-order valence-electron chi connectivity index (χ3n) is 2.57. The number of hydrogen-bond donors (Lipinski definition) is 1. The maximum atomic E-state index is 5.59. The van der Waals surface area contributed by atoms with E-state index in [9.17, 15) is 0 Å². The van der Waals surface area contributed by atoms with Crippen molar-refractivity contribution in [1.82, 2.24) is 5.32 Å². The maximum absolute atomic E-state index is 5.59. The summed E-state index contributed by atoms with van der Waals surface area (Å²) in [7, 11) is 1.69. The summed E-state index contributed by atoms with van der Waals surface area (Å²) in [6, 6.07) is 8.56. The lowest BCUT2D eigenvalue weighted by Gasteiger charge is -2.11. The zero-order chi connectivity index (χ0) is 10.7. The van der Waals surface area contributed by atoms with Gasteiger partial charge in [0, 0.05) is 12.5 Å². The highest BCUT2D eigenvalue weighted by Crippen LogP contribution is 2.15. The average Bonchev–Trinajstić information content (AvgIpc) is 2.64. The number of nitrogens with one attached hydrogen (secondary N) is 1. The number of rotatable bonds is 3. The smallest absolute Gasteiger partial charge is 0.119 e. The Balaban J connectivity index is 0.00000128. The third-order valence-corrected chi connectivity index (χ3v) is 2.57. The van der Waals surface area contributed by atoms with Crippen LogP contribution >= 0.6 is 12.4 Å². The molecule has 1 fully saturated rings. The Morgan fingerprint density at radius 3 is 2.94 bits per heavy atom. The van der Waals surface area contributed by atoms with Crippen LogP contribution < -0.4 is 10.1 Å². The van der Waals surface area contributed by atoms with E-state index in [1.807, 2.05) is 18.2 Å². The number of hydrogen-bond acceptors (Lipinski definition) is 3. The van der Waals surface area contributed by atoms with Gasteiger partial charge >= 0.3 is 0 Å². The second-order valence-corrected chi connectivity index (χ2v) is 3.95. The van der Waals surface area contributed by atoms with Crippen molar-refractivity contribution >= 4 is 12.4 Å². The van der Waals surface area contributed by atoms with Gasteiger partial charge in [0.25, 0.3) is 0 Å². The fourth-order valence-corrected chi connectivity index (χ4v) is 1.81. The van der Waals surface area contributed by atoms with Gasteiger partial charge in [-0.2, -0.15) is 0 Å². The van der Waals surface area contributed by atoms with E-state index in [0.29, 0.717) is 6.04 Å². The fourth-order valence-electron chi connectivity index (χ4n) is 1.81. The zero-order valence-corrected chi connectivity index (χ0v) is 10.4. The zero-order valence-electron chi connectivity index (χ0n) is 9.60. The molecular weight excluding hydrogens is 226 g/mol. The van der Waals surface area contributed by atoms with Crippen LogP contribution in [0, 0.1) is 0 Å². The highest BCUT2D eigenvalue weighted by atomic mass is 35.5. The van der Waals surface area contributed by atoms with Gasteiger partial charge in [0.2, 0.25) is 0 Å². The van der Waals surface area contributed by atoms with Crippen LogP contribution in [0.15, 0.2) is 24.3 Å². The lowest BCUT2D eigenvalue weighted by molar-refractivity contribution is 0.101. The monoisotopic (exact) mass is 243 g/mol. The Hall–Kier alpha value is -0.770. The summed E-state index contributed by atoms with van der Waals surface area (Å²) in [5.41, 5.74) is 1.24. The van der Waals surface area contributed by atoms with E-state index < -0.39 is 0 Å². The minimum atomic E-state index is 0. The van der Waals surface area contributed by atoms with E-state index >= 15 is 0 Å². The Kier molecular flexibility index (Phi) is 5.06. The van der Waals surface area contributed by atoms with Crippen LogP contribution in [0.5, 0.6) is 5.75 Å². The van der Waals surface area contributed by atoms with E-state index in [-0.39, 0.29) is 18.6 Å². The lowest BCUT2D eigenvalue weighted by atomic mass is 10.1. The Labute approximate surface area is 103 Å². The van der Waals surface area contributed by atoms with Crippen molar-refractivity contribution in [2.45, 2.75) is 25.6 Å². The van der Waals surface area contributed by atoms with Gasteiger partial charge in [-0.05, 0) is 24.6 Å². The highest BCUT2D eigenvalue weighted by molar-refractivity contribution is 5.85. The summed E-state index contributed by atoms with van der Waals surface area (Å²) in [6.07, 6.45) is 1.04. The normalized spacial score (nSPS) is 23.9. The molecular formula is C12H18ClNO2. The molecule has 3 nitrogen and oxygen atoms in total. The molecule has 1 aliphatic rings. The van der Waals surface area contributed by atoms with E-state index in [2.05, 4.69) is 18.3 Å². The van der Waals surface area contributed by atoms with Crippen molar-refractivity contribution in [3.8, 4) is 5.75 Å². The summed E-state index contributed by atoms with van der Waals surface area (Å²) in [5.74, 6) is 0.901. The number of halogens is 1. The summed E-state index contributed by atoms with van der Waals surface area (Å²) in [5, 5.41) is 3.38. The molecule has 0 aliphatic carbocycles. The first-order chi connectivity index (χ1) is 7.28. The van der Waals surface area contributed by atoms with Crippen molar-refractivity contribution in [2.24, 2.45) is 0 Å². The molecule has 1 aromatic rings. The largest absolute Gasteiger partial charge is 0.497 e. The second-order valence-electron chi connectivity index (χ2n) is 3.95. The number of benzene rings is 1. The van der Waals surface area contributed by atoms with E-state index in [1.165, 1.54) is 5.56 Å². The van der Waals surface area contributed by atoms with Crippen molar-refractivity contribution in [1.29, 1.82) is 0 Å². The standard InChI is InChI=1S/C12H17NO2.ClH/c1-9-8-15-12(13-9)7-10-4-3-5-11(6-10)14-2;/h3-6,9,12-13H,7-8H2,1-2H3;1H. The average molecular weight is 244 g/mol. The third kappa shape index (κ3) is 3.37. The summed E-state index contributed by atoms with van der Waals surface area (Å²) >= 11 is 0. The summed E-state index contributed by atoms with van der Waals surface area (Å²) in [6.45, 7) is 2.93. The minimum Gasteiger partial charge on any atom is -0.497 e. The molecule has 2 atom stereocenters. The molecule has 1 aromatic carbocycles. The van der Waals surface area contributed by atoms with Crippen molar-refractivity contribution in [3.05, 3.63) is 29.8 Å². The molecule has 1 aliphatic heterocycles. The number of methoxy groups -OCH3 is 1. The minimum absolute atomic E-state index is 0. The molecule has 1 N–H and O–H groups in total. The Bertz CT molecular complexity index is 333. The van der Waals surface area contributed by atoms with E-state index in [4.69, 9.17) is 9.47 Å². The van der Waals surface area contributed by atoms with Crippen LogP contribution in [0.2, 0.25) is 0 Å². The van der Waals surface area contributed by atoms with E-state index in [0.717, 1.165) is 18.8 Å². The van der Waals surface area contributed by atoms with Gasteiger partial charge in [0.15, 0.2) is 0 Å². The van der Waals surface area contributed by atoms with Gasteiger partial charge in [-0.3, -0.25) is 5.32 Å². The fraction of sp³-hybridized carbons (Fsp3) is 0.500. The van der Waals surface area contributed by atoms with E-state index in [1.54, 1.807) is 7.11 Å². The molecule has 16 heavy (non-hydrogen) atoms. The molecule has 90 valence electrons. The second kappa shape index (κ2) is 6.09. The van der Waals surface area contributed by atoms with Crippen LogP contribution in [0.4, 0.5) is 0 Å². The Morgan fingerprint density at radius 2 is 2.31 bits per heavy atom. The van der Waals surface area contributed by atoms with Crippen molar-refractivity contribution in [3.63, 3.8) is 0 Å². The number of ether oxygens (including phenoxy) is 2. The van der Waals surface area contributed by atoms with Crippen LogP contribution in [-0.2, 0) is 11.2 Å². The van der Waals surface area contributed by atoms with Gasteiger partial charge < -0.3 is 9.47 Å². The van der Waals surface area contributed by atoms with Gasteiger partial charge in [0.1, 0.15) is 12.0 Å². The van der Waals surface area contributed by atoms with Gasteiger partial charge in [-0.15, -0.1) is 12.4 Å². The van der Waals surface area contributed by atoms with Gasteiger partial charge in [0.05, 0.1) is 13.7 Å². The first-order valence-electron chi connectivity index (χ1n) is 5.28. The predicted octanol–water partition coefficient (Wildman–Crippen LogP) is 1.99. The molecule has 2 unspecified atom stereocenters.